The molecule has 0 aliphatic heterocycles. The third-order valence-electron chi connectivity index (χ3n) is 1.76. The zero-order valence-corrected chi connectivity index (χ0v) is 9.02. The van der Waals surface area contributed by atoms with Gasteiger partial charge in [0.2, 0.25) is 5.75 Å². The Morgan fingerprint density at radius 1 is 1.62 bits per heavy atom. The van der Waals surface area contributed by atoms with Crippen molar-refractivity contribution in [3.8, 4) is 5.75 Å². The third-order valence-corrected chi connectivity index (χ3v) is 1.97. The van der Waals surface area contributed by atoms with Gasteiger partial charge >= 0.3 is 11.7 Å². The van der Waals surface area contributed by atoms with E-state index < -0.39 is 17.5 Å². The molecule has 0 fully saturated rings. The molecule has 0 saturated carbocycles. The fourth-order valence-electron chi connectivity index (χ4n) is 1.17. The molecule has 86 valence electrons. The number of carbonyl (C=O) groups is 1. The first-order valence-electron chi connectivity index (χ1n) is 4.21. The van der Waals surface area contributed by atoms with Gasteiger partial charge in [-0.1, -0.05) is 11.6 Å². The molecule has 1 aromatic rings. The van der Waals surface area contributed by atoms with Crippen molar-refractivity contribution in [2.75, 3.05) is 6.61 Å². The number of carboxylic acid groups (broad SMARTS) is 1. The Kier molecular flexibility index (Phi) is 3.68. The highest BCUT2D eigenvalue weighted by Crippen LogP contribution is 2.33. The lowest BCUT2D eigenvalue weighted by atomic mass is 10.2. The first kappa shape index (κ1) is 12.3. The lowest BCUT2D eigenvalue weighted by Crippen LogP contribution is -2.11. The van der Waals surface area contributed by atoms with Crippen molar-refractivity contribution >= 4 is 23.3 Å². The van der Waals surface area contributed by atoms with E-state index in [4.69, 9.17) is 21.4 Å². The van der Waals surface area contributed by atoms with Gasteiger partial charge in [0.25, 0.3) is 0 Å². The summed E-state index contributed by atoms with van der Waals surface area (Å²) < 4.78 is 4.85. The quantitative estimate of drug-likeness (QED) is 0.647. The minimum atomic E-state index is -1.20. The molecule has 0 unspecified atom stereocenters. The van der Waals surface area contributed by atoms with Gasteiger partial charge < -0.3 is 9.84 Å². The van der Waals surface area contributed by atoms with Gasteiger partial charge in [-0.05, 0) is 18.6 Å². The number of nitrogens with zero attached hydrogens (tertiary/aromatic N) is 1. The van der Waals surface area contributed by atoms with Crippen LogP contribution < -0.4 is 4.74 Å². The highest BCUT2D eigenvalue weighted by molar-refractivity contribution is 6.31. The topological polar surface area (TPSA) is 89.7 Å². The van der Waals surface area contributed by atoms with Gasteiger partial charge in [-0.2, -0.15) is 0 Å². The highest BCUT2D eigenvalue weighted by Gasteiger charge is 2.19. The molecule has 16 heavy (non-hydrogen) atoms. The highest BCUT2D eigenvalue weighted by atomic mass is 35.5. The number of hydrogen-bond acceptors (Lipinski definition) is 4. The van der Waals surface area contributed by atoms with Crippen LogP contribution >= 0.6 is 11.6 Å². The van der Waals surface area contributed by atoms with Crippen LogP contribution in [0.15, 0.2) is 12.1 Å². The second-order valence-electron chi connectivity index (χ2n) is 3.01. The molecule has 7 heteroatoms. The molecule has 0 amide bonds. The molecule has 0 radical (unpaired) electrons. The Balaban J connectivity index is 3.14. The standard InChI is InChI=1S/C9H8ClNO5/c1-5-2-6(10)3-7(11(14)15)9(5)16-4-8(12)13/h2-3H,4H2,1H3,(H,12,13). The van der Waals surface area contributed by atoms with E-state index in [-0.39, 0.29) is 16.5 Å². The van der Waals surface area contributed by atoms with Gasteiger partial charge in [0, 0.05) is 11.1 Å². The number of nitro benzene ring substituents is 1. The van der Waals surface area contributed by atoms with Crippen LogP contribution in [0.5, 0.6) is 5.75 Å². The lowest BCUT2D eigenvalue weighted by Gasteiger charge is -2.07. The molecule has 0 bridgehead atoms. The van der Waals surface area contributed by atoms with Gasteiger partial charge in [0.15, 0.2) is 6.61 Å². The summed E-state index contributed by atoms with van der Waals surface area (Å²) in [6.45, 7) is 0.916. The SMILES string of the molecule is Cc1cc(Cl)cc([N+](=O)[O-])c1OCC(=O)O. The molecule has 1 rings (SSSR count). The van der Waals surface area contributed by atoms with Gasteiger partial charge in [-0.25, -0.2) is 4.79 Å². The molecular weight excluding hydrogens is 238 g/mol. The predicted octanol–water partition coefficient (Wildman–Crippen LogP) is 2.02. The second-order valence-corrected chi connectivity index (χ2v) is 3.45. The van der Waals surface area contributed by atoms with Crippen molar-refractivity contribution < 1.29 is 19.6 Å². The van der Waals surface area contributed by atoms with E-state index >= 15 is 0 Å². The van der Waals surface area contributed by atoms with Crippen LogP contribution in [0.3, 0.4) is 0 Å². The Bertz CT molecular complexity index is 446. The minimum absolute atomic E-state index is 0.0724. The van der Waals surface area contributed by atoms with Crippen LogP contribution in [0.25, 0.3) is 0 Å². The molecule has 0 aliphatic carbocycles. The number of halogens is 1. The van der Waals surface area contributed by atoms with Crippen molar-refractivity contribution in [3.05, 3.63) is 32.8 Å². The number of aliphatic carboxylic acids is 1. The third kappa shape index (κ3) is 2.83. The van der Waals surface area contributed by atoms with Crippen LogP contribution in [0.4, 0.5) is 5.69 Å². The first-order valence-corrected chi connectivity index (χ1v) is 4.58. The molecule has 0 aromatic heterocycles. The van der Waals surface area contributed by atoms with Crippen LogP contribution in [-0.2, 0) is 4.79 Å². The van der Waals surface area contributed by atoms with Crippen molar-refractivity contribution in [1.29, 1.82) is 0 Å². The van der Waals surface area contributed by atoms with Crippen molar-refractivity contribution in [1.82, 2.24) is 0 Å². The predicted molar refractivity (Wildman–Crippen MR) is 56.0 cm³/mol. The average Bonchev–Trinajstić information content (AvgIpc) is 2.14. The summed E-state index contributed by atoms with van der Waals surface area (Å²) in [5.41, 5.74) is 0.0756. The molecule has 1 aromatic carbocycles. The molecule has 0 aliphatic rings. The smallest absolute Gasteiger partial charge is 0.341 e. The van der Waals surface area contributed by atoms with Crippen LogP contribution in [0, 0.1) is 17.0 Å². The van der Waals surface area contributed by atoms with Crippen molar-refractivity contribution in [3.63, 3.8) is 0 Å². The maximum atomic E-state index is 10.7. The normalized spacial score (nSPS) is 9.88. The summed E-state index contributed by atoms with van der Waals surface area (Å²) in [4.78, 5) is 20.3. The van der Waals surface area contributed by atoms with E-state index in [9.17, 15) is 14.9 Å². The van der Waals surface area contributed by atoms with Crippen LogP contribution in [-0.4, -0.2) is 22.6 Å². The van der Waals surface area contributed by atoms with Gasteiger partial charge in [0.1, 0.15) is 0 Å². The number of rotatable bonds is 4. The fourth-order valence-corrected chi connectivity index (χ4v) is 1.44. The zero-order chi connectivity index (χ0) is 12.3. The number of benzene rings is 1. The summed E-state index contributed by atoms with van der Waals surface area (Å²) in [6.07, 6.45) is 0. The Morgan fingerprint density at radius 2 is 2.25 bits per heavy atom. The van der Waals surface area contributed by atoms with E-state index in [2.05, 4.69) is 0 Å². The van der Waals surface area contributed by atoms with Crippen molar-refractivity contribution in [2.24, 2.45) is 0 Å². The van der Waals surface area contributed by atoms with Crippen LogP contribution in [0.2, 0.25) is 5.02 Å². The number of hydrogen-bond donors (Lipinski definition) is 1. The number of carboxylic acids is 1. The number of nitro groups is 1. The largest absolute Gasteiger partial charge is 0.479 e. The van der Waals surface area contributed by atoms with Crippen molar-refractivity contribution in [2.45, 2.75) is 6.92 Å². The summed E-state index contributed by atoms with van der Waals surface area (Å²) in [5, 5.41) is 19.3. The second kappa shape index (κ2) is 4.80. The minimum Gasteiger partial charge on any atom is -0.479 e. The number of aryl methyl sites for hydroxylation is 1. The average molecular weight is 246 g/mol. The van der Waals surface area contributed by atoms with Crippen LogP contribution in [0.1, 0.15) is 5.56 Å². The molecule has 0 spiro atoms. The Hall–Kier alpha value is -1.82. The Labute approximate surface area is 95.6 Å². The Morgan fingerprint density at radius 3 is 2.75 bits per heavy atom. The first-order chi connectivity index (χ1) is 7.41. The molecular formula is C9H8ClNO5. The summed E-state index contributed by atoms with van der Waals surface area (Å²) in [5.74, 6) is -1.28. The molecule has 0 heterocycles. The van der Waals surface area contributed by atoms with E-state index in [0.29, 0.717) is 5.56 Å². The maximum absolute atomic E-state index is 10.7. The van der Waals surface area contributed by atoms with E-state index in [1.165, 1.54) is 6.07 Å². The summed E-state index contributed by atoms with van der Waals surface area (Å²) in [7, 11) is 0. The van der Waals surface area contributed by atoms with Gasteiger partial charge in [0.05, 0.1) is 4.92 Å². The van der Waals surface area contributed by atoms with E-state index in [1.54, 1.807) is 6.92 Å². The maximum Gasteiger partial charge on any atom is 0.341 e. The molecule has 0 atom stereocenters. The van der Waals surface area contributed by atoms with Gasteiger partial charge in [-0.15, -0.1) is 0 Å². The lowest BCUT2D eigenvalue weighted by molar-refractivity contribution is -0.385. The van der Waals surface area contributed by atoms with E-state index in [0.717, 1.165) is 6.07 Å². The number of ether oxygens (including phenoxy) is 1. The zero-order valence-electron chi connectivity index (χ0n) is 8.27. The monoisotopic (exact) mass is 245 g/mol. The summed E-state index contributed by atoms with van der Waals surface area (Å²) >= 11 is 5.65. The molecule has 6 nitrogen and oxygen atoms in total. The molecule has 1 N–H and O–H groups in total. The molecule has 0 saturated heterocycles. The fraction of sp³-hybridized carbons (Fsp3) is 0.222. The summed E-state index contributed by atoms with van der Waals surface area (Å²) in [6, 6.07) is 2.58. The van der Waals surface area contributed by atoms with E-state index in [1.807, 2.05) is 0 Å². The van der Waals surface area contributed by atoms with Gasteiger partial charge in [-0.3, -0.25) is 10.1 Å².